The minimum atomic E-state index is -0.963. The molecule has 24 heavy (non-hydrogen) atoms. The number of aryl methyl sites for hydroxylation is 2. The van der Waals surface area contributed by atoms with Crippen molar-refractivity contribution in [3.8, 4) is 0 Å². The van der Waals surface area contributed by atoms with E-state index in [0.717, 1.165) is 0 Å². The molecule has 0 aliphatic rings. The Hall–Kier alpha value is -3.70. The van der Waals surface area contributed by atoms with Crippen LogP contribution in [0, 0.1) is 54.3 Å². The first-order valence-electron chi connectivity index (χ1n) is 6.26. The molecular weight excluding hydrogens is 328 g/mol. The van der Waals surface area contributed by atoms with Crippen LogP contribution in [0.1, 0.15) is 11.1 Å². The van der Waals surface area contributed by atoms with Crippen molar-refractivity contribution in [3.05, 3.63) is 63.7 Å². The molecule has 0 unspecified atom stereocenters. The summed E-state index contributed by atoms with van der Waals surface area (Å²) in [7, 11) is 0. The number of rotatable bonds is 4. The molecule has 12 heteroatoms. The quantitative estimate of drug-likeness (QED) is 0.604. The number of nitrogens with zero attached hydrogens (tertiary/aromatic N) is 4. The number of hydrogen-bond donors (Lipinski definition) is 0. The summed E-state index contributed by atoms with van der Waals surface area (Å²) in [6.07, 6.45) is 0. The van der Waals surface area contributed by atoms with Crippen molar-refractivity contribution >= 4 is 33.5 Å². The predicted molar refractivity (Wildman–Crippen MR) is 80.0 cm³/mol. The largest absolute Gasteiger partial charge is 0.284 e. The van der Waals surface area contributed by atoms with E-state index in [9.17, 15) is 40.5 Å². The molecule has 0 aliphatic carbocycles. The summed E-state index contributed by atoms with van der Waals surface area (Å²) in [5, 5.41) is 44.0. The lowest BCUT2D eigenvalue weighted by molar-refractivity contribution is -0.396. The van der Waals surface area contributed by atoms with Gasteiger partial charge in [0.15, 0.2) is 0 Å². The molecule has 0 saturated heterocycles. The second-order valence-corrected chi connectivity index (χ2v) is 4.86. The molecule has 12 nitrogen and oxygen atoms in total. The zero-order valence-corrected chi connectivity index (χ0v) is 12.2. The maximum atomic E-state index is 11.3. The fraction of sp³-hybridized carbons (Fsp3) is 0.167. The topological polar surface area (TPSA) is 173 Å². The molecule has 0 radical (unpaired) electrons. The summed E-state index contributed by atoms with van der Waals surface area (Å²) in [5.74, 6) is 0. The summed E-state index contributed by atoms with van der Waals surface area (Å²) < 4.78 is 0. The Balaban J connectivity index is 3.25. The van der Waals surface area contributed by atoms with Gasteiger partial charge >= 0.3 is 0 Å². The lowest BCUT2D eigenvalue weighted by atomic mass is 9.95. The Morgan fingerprint density at radius 2 is 0.833 bits per heavy atom. The van der Waals surface area contributed by atoms with Crippen LogP contribution in [0.15, 0.2) is 12.1 Å². The van der Waals surface area contributed by atoms with Gasteiger partial charge in [-0.15, -0.1) is 0 Å². The number of hydrogen-bond acceptors (Lipinski definition) is 8. The van der Waals surface area contributed by atoms with Gasteiger partial charge in [-0.2, -0.15) is 0 Å². The van der Waals surface area contributed by atoms with Gasteiger partial charge in [-0.05, 0) is 13.8 Å². The molecule has 2 aromatic rings. The van der Waals surface area contributed by atoms with Gasteiger partial charge in [0.1, 0.15) is 0 Å². The molecule has 0 amide bonds. The Bertz CT molecular complexity index is 875. The molecule has 0 aromatic heterocycles. The third-order valence-electron chi connectivity index (χ3n) is 3.61. The van der Waals surface area contributed by atoms with Crippen molar-refractivity contribution in [2.75, 3.05) is 0 Å². The van der Waals surface area contributed by atoms with Crippen molar-refractivity contribution in [2.24, 2.45) is 0 Å². The van der Waals surface area contributed by atoms with Crippen LogP contribution in [0.2, 0.25) is 0 Å². The lowest BCUT2D eigenvalue weighted by Crippen LogP contribution is -2.03. The van der Waals surface area contributed by atoms with Crippen LogP contribution in [0.5, 0.6) is 0 Å². The van der Waals surface area contributed by atoms with Gasteiger partial charge in [0.05, 0.1) is 42.6 Å². The van der Waals surface area contributed by atoms with Crippen LogP contribution < -0.4 is 0 Å². The maximum absolute atomic E-state index is 11.3. The van der Waals surface area contributed by atoms with E-state index < -0.39 is 42.4 Å². The van der Waals surface area contributed by atoms with Gasteiger partial charge in [-0.25, -0.2) is 0 Å². The summed E-state index contributed by atoms with van der Waals surface area (Å²) in [4.78, 5) is 41.0. The molecule has 0 spiro atoms. The zero-order valence-electron chi connectivity index (χ0n) is 12.2. The fourth-order valence-corrected chi connectivity index (χ4v) is 2.56. The Labute approximate surface area is 131 Å². The van der Waals surface area contributed by atoms with E-state index in [-0.39, 0.29) is 21.9 Å². The van der Waals surface area contributed by atoms with Crippen molar-refractivity contribution in [1.29, 1.82) is 0 Å². The number of nitro groups is 4. The molecule has 124 valence electrons. The summed E-state index contributed by atoms with van der Waals surface area (Å²) >= 11 is 0. The molecule has 0 saturated carbocycles. The second kappa shape index (κ2) is 5.49. The molecule has 2 aromatic carbocycles. The van der Waals surface area contributed by atoms with Gasteiger partial charge < -0.3 is 0 Å². The Morgan fingerprint density at radius 1 is 0.583 bits per heavy atom. The number of fused-ring (bicyclic) bond motifs is 1. The van der Waals surface area contributed by atoms with Crippen LogP contribution in [0.25, 0.3) is 10.8 Å². The first-order valence-corrected chi connectivity index (χ1v) is 6.26. The van der Waals surface area contributed by atoms with E-state index in [4.69, 9.17) is 0 Å². The van der Waals surface area contributed by atoms with Gasteiger partial charge in [0, 0.05) is 11.1 Å². The molecule has 2 rings (SSSR count). The number of non-ortho nitro benzene ring substituents is 2. The molecule has 0 heterocycles. The molecule has 0 fully saturated rings. The van der Waals surface area contributed by atoms with Gasteiger partial charge in [-0.1, -0.05) is 0 Å². The highest BCUT2D eigenvalue weighted by Crippen LogP contribution is 2.44. The molecule has 0 atom stereocenters. The summed E-state index contributed by atoms with van der Waals surface area (Å²) in [5.41, 5.74) is -3.30. The van der Waals surface area contributed by atoms with E-state index in [1.807, 2.05) is 0 Å². The minimum Gasteiger partial charge on any atom is -0.258 e. The van der Waals surface area contributed by atoms with E-state index >= 15 is 0 Å². The Morgan fingerprint density at radius 3 is 1.04 bits per heavy atom. The van der Waals surface area contributed by atoms with E-state index in [2.05, 4.69) is 0 Å². The van der Waals surface area contributed by atoms with E-state index in [1.54, 1.807) is 0 Å². The number of nitro benzene ring substituents is 4. The van der Waals surface area contributed by atoms with E-state index in [1.165, 1.54) is 13.8 Å². The van der Waals surface area contributed by atoms with Crippen LogP contribution in [0.3, 0.4) is 0 Å². The van der Waals surface area contributed by atoms with Crippen molar-refractivity contribution in [1.82, 2.24) is 0 Å². The van der Waals surface area contributed by atoms with Gasteiger partial charge in [0.2, 0.25) is 0 Å². The Kier molecular flexibility index (Phi) is 3.82. The predicted octanol–water partition coefficient (Wildman–Crippen LogP) is 3.09. The van der Waals surface area contributed by atoms with Crippen LogP contribution >= 0.6 is 0 Å². The highest BCUT2D eigenvalue weighted by atomic mass is 16.6. The fourth-order valence-electron chi connectivity index (χ4n) is 2.56. The lowest BCUT2D eigenvalue weighted by Gasteiger charge is -2.08. The smallest absolute Gasteiger partial charge is 0.258 e. The third kappa shape index (κ3) is 2.35. The van der Waals surface area contributed by atoms with Crippen LogP contribution in [0.4, 0.5) is 22.7 Å². The highest BCUT2D eigenvalue weighted by molar-refractivity contribution is 6.05. The first kappa shape index (κ1) is 16.7. The van der Waals surface area contributed by atoms with Gasteiger partial charge in [0.25, 0.3) is 22.7 Å². The highest BCUT2D eigenvalue weighted by Gasteiger charge is 2.33. The average molecular weight is 336 g/mol. The van der Waals surface area contributed by atoms with Crippen LogP contribution in [-0.2, 0) is 0 Å². The van der Waals surface area contributed by atoms with Crippen LogP contribution in [-0.4, -0.2) is 19.7 Å². The van der Waals surface area contributed by atoms with Gasteiger partial charge in [-0.3, -0.25) is 40.5 Å². The molecule has 0 bridgehead atoms. The van der Waals surface area contributed by atoms with Crippen molar-refractivity contribution < 1.29 is 19.7 Å². The summed E-state index contributed by atoms with van der Waals surface area (Å²) in [6, 6.07) is 1.30. The molecule has 0 aliphatic heterocycles. The maximum Gasteiger partial charge on any atom is 0.284 e. The second-order valence-electron chi connectivity index (χ2n) is 4.86. The standard InChI is InChI=1S/C12H8N4O8/c1-5-7(13(17)18)3-10(16(23)24)12-6(2)8(14(19)20)4-9(11(5)12)15(21)22/h3-4H,1-2H3. The molecule has 0 N–H and O–H groups in total. The number of benzene rings is 2. The molecular formula is C12H8N4O8. The minimum absolute atomic E-state index is 0.176. The monoisotopic (exact) mass is 336 g/mol. The normalized spacial score (nSPS) is 10.6. The first-order chi connectivity index (χ1) is 11.1. The van der Waals surface area contributed by atoms with E-state index in [0.29, 0.717) is 12.1 Å². The SMILES string of the molecule is Cc1c([N+](=O)[O-])cc([N+](=O)[O-])c2c(C)c([N+](=O)[O-])cc([N+](=O)[O-])c12. The zero-order chi connectivity index (χ0) is 18.3. The third-order valence-corrected chi connectivity index (χ3v) is 3.61. The average Bonchev–Trinajstić information content (AvgIpc) is 2.46. The van der Waals surface area contributed by atoms with Crippen molar-refractivity contribution in [3.63, 3.8) is 0 Å². The van der Waals surface area contributed by atoms with Crippen molar-refractivity contribution in [2.45, 2.75) is 13.8 Å². The summed E-state index contributed by atoms with van der Waals surface area (Å²) in [6.45, 7) is 2.39.